The number of nitrogens with zero attached hydrogens (tertiary/aromatic N) is 3. The average molecular weight is 540 g/mol. The smallest absolute Gasteiger partial charge is 0.256 e. The zero-order valence-electron chi connectivity index (χ0n) is 20.9. The first-order valence-corrected chi connectivity index (χ1v) is 11.7. The van der Waals surface area contributed by atoms with E-state index in [1.165, 1.54) is 11.1 Å². The summed E-state index contributed by atoms with van der Waals surface area (Å²) < 4.78 is 10.8. The minimum atomic E-state index is -0.138. The second-order valence-electron chi connectivity index (χ2n) is 8.55. The van der Waals surface area contributed by atoms with E-state index in [-0.39, 0.29) is 56.5 Å². The quantitative estimate of drug-likeness (QED) is 0.449. The molecule has 0 atom stereocenters. The van der Waals surface area contributed by atoms with Crippen molar-refractivity contribution >= 4 is 42.3 Å². The van der Waals surface area contributed by atoms with Crippen LogP contribution in [0.3, 0.4) is 0 Å². The number of benzene rings is 2. The van der Waals surface area contributed by atoms with Gasteiger partial charge in [-0.05, 0) is 36.2 Å². The average Bonchev–Trinajstić information content (AvgIpc) is 3.47. The summed E-state index contributed by atoms with van der Waals surface area (Å²) in [6.07, 6.45) is 0. The predicted molar refractivity (Wildman–Crippen MR) is 144 cm³/mol. The predicted octanol–water partition coefficient (Wildman–Crippen LogP) is 2.81. The molecule has 0 spiro atoms. The van der Waals surface area contributed by atoms with Gasteiger partial charge in [0.25, 0.3) is 5.91 Å². The number of fused-ring (bicyclic) bond motifs is 2. The fourth-order valence-corrected chi connectivity index (χ4v) is 4.15. The summed E-state index contributed by atoms with van der Waals surface area (Å²) in [5.41, 5.74) is 4.22. The molecule has 36 heavy (non-hydrogen) atoms. The summed E-state index contributed by atoms with van der Waals surface area (Å²) in [6.45, 7) is 7.53. The van der Waals surface area contributed by atoms with E-state index < -0.39 is 0 Å². The first-order chi connectivity index (χ1) is 16.5. The van der Waals surface area contributed by atoms with Crippen LogP contribution in [0.25, 0.3) is 0 Å². The Labute approximate surface area is 224 Å². The van der Waals surface area contributed by atoms with Gasteiger partial charge < -0.3 is 25.0 Å². The van der Waals surface area contributed by atoms with Crippen LogP contribution in [-0.4, -0.2) is 73.3 Å². The maximum Gasteiger partial charge on any atom is 0.256 e. The molecule has 0 bridgehead atoms. The van der Waals surface area contributed by atoms with Crippen molar-refractivity contribution in [3.05, 3.63) is 53.1 Å². The molecule has 2 aliphatic heterocycles. The van der Waals surface area contributed by atoms with Crippen LogP contribution in [0.5, 0.6) is 11.5 Å². The number of hydrazine groups is 1. The summed E-state index contributed by atoms with van der Waals surface area (Å²) in [6, 6.07) is 11.9. The van der Waals surface area contributed by atoms with Gasteiger partial charge in [0, 0.05) is 45.0 Å². The van der Waals surface area contributed by atoms with E-state index in [0.29, 0.717) is 37.7 Å². The van der Waals surface area contributed by atoms with Crippen molar-refractivity contribution in [1.29, 1.82) is 0 Å². The van der Waals surface area contributed by atoms with E-state index in [1.54, 1.807) is 17.0 Å². The van der Waals surface area contributed by atoms with Crippen molar-refractivity contribution in [2.45, 2.75) is 26.9 Å². The number of carbonyl (C=O) groups is 2. The Balaban J connectivity index is 0.00000228. The van der Waals surface area contributed by atoms with Crippen LogP contribution in [0.4, 0.5) is 5.69 Å². The summed E-state index contributed by atoms with van der Waals surface area (Å²) in [7, 11) is 1.77. The second kappa shape index (κ2) is 13.5. The van der Waals surface area contributed by atoms with E-state index in [9.17, 15) is 9.59 Å². The van der Waals surface area contributed by atoms with Crippen molar-refractivity contribution in [2.24, 2.45) is 0 Å². The van der Waals surface area contributed by atoms with E-state index >= 15 is 0 Å². The molecule has 2 heterocycles. The summed E-state index contributed by atoms with van der Waals surface area (Å²) >= 11 is 0. The van der Waals surface area contributed by atoms with Crippen LogP contribution >= 0.6 is 24.8 Å². The summed E-state index contributed by atoms with van der Waals surface area (Å²) in [5, 5.41) is 10.1. The number of carbonyl (C=O) groups excluding carboxylic acids is 2. The molecule has 0 aromatic heterocycles. The highest BCUT2D eigenvalue weighted by Gasteiger charge is 2.27. The molecule has 2 N–H and O–H groups in total. The SMILES string of the molecule is CCNCCN(CC(=O)N(C)N1Cc2ccccc2C1)C(=O)CNc1cc2c(cc1C)OCO2.Cl.Cl. The Morgan fingerprint density at radius 3 is 2.31 bits per heavy atom. The molecule has 2 amide bonds. The number of ether oxygens (including phenoxy) is 2. The number of rotatable bonds is 10. The molecule has 0 aliphatic carbocycles. The van der Waals surface area contributed by atoms with E-state index in [1.807, 2.05) is 43.1 Å². The van der Waals surface area contributed by atoms with Crippen LogP contribution in [0, 0.1) is 6.92 Å². The van der Waals surface area contributed by atoms with Gasteiger partial charge in [-0.3, -0.25) is 14.6 Å². The molecule has 4 rings (SSSR count). The van der Waals surface area contributed by atoms with Gasteiger partial charge in [0.1, 0.15) is 6.54 Å². The standard InChI is InChI=1S/C25H33N5O4.2ClH/c1-4-26-9-10-29(16-25(32)28(3)30-14-19-7-5-6-8-20(19)15-30)24(31)13-27-21-12-23-22(11-18(21)2)33-17-34-23;;/h5-8,11-12,26-27H,4,9-10,13-17H2,1-3H3;2*1H. The molecular weight excluding hydrogens is 505 g/mol. The second-order valence-corrected chi connectivity index (χ2v) is 8.55. The minimum absolute atomic E-state index is 0. The molecule has 0 fully saturated rings. The lowest BCUT2D eigenvalue weighted by atomic mass is 10.1. The normalized spacial score (nSPS) is 13.3. The zero-order chi connectivity index (χ0) is 24.1. The monoisotopic (exact) mass is 539 g/mol. The van der Waals surface area contributed by atoms with E-state index in [0.717, 1.165) is 17.8 Å². The summed E-state index contributed by atoms with van der Waals surface area (Å²) in [4.78, 5) is 27.8. The molecule has 0 saturated heterocycles. The molecule has 198 valence electrons. The van der Waals surface area contributed by atoms with Crippen LogP contribution in [0.2, 0.25) is 0 Å². The van der Waals surface area contributed by atoms with Crippen molar-refractivity contribution in [1.82, 2.24) is 20.2 Å². The van der Waals surface area contributed by atoms with Gasteiger partial charge in [-0.25, -0.2) is 5.01 Å². The topological polar surface area (TPSA) is 86.4 Å². The van der Waals surface area contributed by atoms with Crippen molar-refractivity contribution in [3.8, 4) is 11.5 Å². The third-order valence-corrected chi connectivity index (χ3v) is 6.25. The lowest BCUT2D eigenvalue weighted by Gasteiger charge is -2.31. The molecule has 9 nitrogen and oxygen atoms in total. The van der Waals surface area contributed by atoms with Crippen LogP contribution < -0.4 is 20.1 Å². The highest BCUT2D eigenvalue weighted by atomic mass is 35.5. The van der Waals surface area contributed by atoms with Crippen LogP contribution in [0.15, 0.2) is 36.4 Å². The third-order valence-electron chi connectivity index (χ3n) is 6.25. The van der Waals surface area contributed by atoms with E-state index in [2.05, 4.69) is 22.8 Å². The molecule has 0 unspecified atom stereocenters. The van der Waals surface area contributed by atoms with Crippen molar-refractivity contribution < 1.29 is 19.1 Å². The number of aryl methyl sites for hydroxylation is 1. The van der Waals surface area contributed by atoms with Gasteiger partial charge in [0.15, 0.2) is 11.5 Å². The zero-order valence-corrected chi connectivity index (χ0v) is 22.5. The molecule has 2 aromatic rings. The lowest BCUT2D eigenvalue weighted by molar-refractivity contribution is -0.151. The number of nitrogens with one attached hydrogen (secondary N) is 2. The Morgan fingerprint density at radius 1 is 1.03 bits per heavy atom. The van der Waals surface area contributed by atoms with Crippen LogP contribution in [-0.2, 0) is 22.7 Å². The van der Waals surface area contributed by atoms with Crippen molar-refractivity contribution in [3.63, 3.8) is 0 Å². The van der Waals surface area contributed by atoms with E-state index in [4.69, 9.17) is 9.47 Å². The number of anilines is 1. The highest BCUT2D eigenvalue weighted by molar-refractivity contribution is 5.87. The Kier molecular flexibility index (Phi) is 11.1. The number of amides is 2. The first-order valence-electron chi connectivity index (χ1n) is 11.7. The fourth-order valence-electron chi connectivity index (χ4n) is 4.15. The molecule has 0 radical (unpaired) electrons. The number of hydrogen-bond donors (Lipinski definition) is 2. The van der Waals surface area contributed by atoms with Gasteiger partial charge in [0.2, 0.25) is 12.7 Å². The van der Waals surface area contributed by atoms with Gasteiger partial charge >= 0.3 is 0 Å². The number of likely N-dealkylation sites (N-methyl/N-ethyl adjacent to an activating group) is 2. The van der Waals surface area contributed by atoms with Crippen molar-refractivity contribution in [2.75, 3.05) is 51.9 Å². The Morgan fingerprint density at radius 2 is 1.67 bits per heavy atom. The fraction of sp³-hybridized carbons (Fsp3) is 0.440. The van der Waals surface area contributed by atoms with Gasteiger partial charge in [-0.1, -0.05) is 31.2 Å². The Bertz CT molecular complexity index is 1030. The number of halogens is 2. The van der Waals surface area contributed by atoms with Gasteiger partial charge in [-0.15, -0.1) is 24.8 Å². The number of hydrogen-bond acceptors (Lipinski definition) is 7. The largest absolute Gasteiger partial charge is 0.454 e. The Hall–Kier alpha value is -2.72. The third kappa shape index (κ3) is 6.94. The minimum Gasteiger partial charge on any atom is -0.454 e. The van der Waals surface area contributed by atoms with Gasteiger partial charge in [0.05, 0.1) is 6.54 Å². The maximum absolute atomic E-state index is 13.1. The highest BCUT2D eigenvalue weighted by Crippen LogP contribution is 2.36. The lowest BCUT2D eigenvalue weighted by Crippen LogP contribution is -2.49. The first kappa shape index (κ1) is 29.5. The summed E-state index contributed by atoms with van der Waals surface area (Å²) in [5.74, 6) is 1.12. The molecule has 2 aliphatic rings. The molecule has 0 saturated carbocycles. The van der Waals surface area contributed by atoms with Crippen LogP contribution in [0.1, 0.15) is 23.6 Å². The molecule has 2 aromatic carbocycles. The maximum atomic E-state index is 13.1. The molecule has 11 heteroatoms. The molecular formula is C25H35Cl2N5O4. The van der Waals surface area contributed by atoms with Gasteiger partial charge in [-0.2, -0.15) is 0 Å².